The van der Waals surface area contributed by atoms with Gasteiger partial charge in [-0.2, -0.15) is 0 Å². The second-order valence-electron chi connectivity index (χ2n) is 4.26. The first-order valence-electron chi connectivity index (χ1n) is 5.42. The molecule has 0 aromatic heterocycles. The van der Waals surface area contributed by atoms with Crippen molar-refractivity contribution in [1.29, 1.82) is 0 Å². The van der Waals surface area contributed by atoms with Crippen molar-refractivity contribution >= 4 is 50.9 Å². The molecule has 1 atom stereocenters. The number of amides is 1. The van der Waals surface area contributed by atoms with Gasteiger partial charge in [-0.15, -0.1) is 11.8 Å². The van der Waals surface area contributed by atoms with Gasteiger partial charge >= 0.3 is 0 Å². The van der Waals surface area contributed by atoms with E-state index in [1.165, 1.54) is 0 Å². The number of carbonyl (C=O) groups is 1. The lowest BCUT2D eigenvalue weighted by Gasteiger charge is -2.21. The lowest BCUT2D eigenvalue weighted by atomic mass is 10.0. The molecule has 1 heterocycles. The van der Waals surface area contributed by atoms with Crippen LogP contribution in [0.1, 0.15) is 19.8 Å². The van der Waals surface area contributed by atoms with Crippen molar-refractivity contribution in [3.8, 4) is 0 Å². The van der Waals surface area contributed by atoms with Gasteiger partial charge in [0, 0.05) is 4.47 Å². The Morgan fingerprint density at radius 3 is 3.00 bits per heavy atom. The minimum Gasteiger partial charge on any atom is -0.324 e. The first kappa shape index (κ1) is 13.2. The van der Waals surface area contributed by atoms with Gasteiger partial charge in [-0.05, 0) is 43.7 Å². The van der Waals surface area contributed by atoms with E-state index in [1.54, 1.807) is 17.8 Å². The quantitative estimate of drug-likeness (QED) is 0.872. The molecular formula is C12H13BrClNOS. The number of rotatable bonds is 2. The Bertz CT molecular complexity index is 446. The molecule has 5 heteroatoms. The Kier molecular flexibility index (Phi) is 4.06. The average Bonchev–Trinajstić information content (AvgIpc) is 2.72. The lowest BCUT2D eigenvalue weighted by Crippen LogP contribution is -2.34. The molecule has 1 aliphatic rings. The first-order valence-corrected chi connectivity index (χ1v) is 7.57. The summed E-state index contributed by atoms with van der Waals surface area (Å²) in [6.45, 7) is 1.99. The summed E-state index contributed by atoms with van der Waals surface area (Å²) in [5.41, 5.74) is 0.666. The summed E-state index contributed by atoms with van der Waals surface area (Å²) in [5.74, 6) is 1.09. The molecular weight excluding hydrogens is 322 g/mol. The monoisotopic (exact) mass is 333 g/mol. The number of carbonyl (C=O) groups excluding carboxylic acids is 1. The van der Waals surface area contributed by atoms with Gasteiger partial charge in [0.1, 0.15) is 0 Å². The fourth-order valence-electron chi connectivity index (χ4n) is 1.81. The van der Waals surface area contributed by atoms with Crippen molar-refractivity contribution in [2.45, 2.75) is 24.5 Å². The minimum atomic E-state index is -0.314. The van der Waals surface area contributed by atoms with E-state index in [0.717, 1.165) is 23.1 Å². The van der Waals surface area contributed by atoms with Crippen LogP contribution in [0.15, 0.2) is 22.7 Å². The van der Waals surface area contributed by atoms with Crippen LogP contribution in [0.5, 0.6) is 0 Å². The maximum absolute atomic E-state index is 12.2. The van der Waals surface area contributed by atoms with E-state index >= 15 is 0 Å². The Balaban J connectivity index is 2.15. The zero-order valence-corrected chi connectivity index (χ0v) is 12.6. The van der Waals surface area contributed by atoms with E-state index in [-0.39, 0.29) is 10.7 Å². The Morgan fingerprint density at radius 2 is 2.35 bits per heavy atom. The smallest absolute Gasteiger partial charge is 0.240 e. The predicted octanol–water partition coefficient (Wildman–Crippen LogP) is 4.33. The Hall–Kier alpha value is -0.190. The molecule has 92 valence electrons. The van der Waals surface area contributed by atoms with E-state index in [4.69, 9.17) is 11.6 Å². The summed E-state index contributed by atoms with van der Waals surface area (Å²) in [6, 6.07) is 5.44. The highest BCUT2D eigenvalue weighted by atomic mass is 79.9. The molecule has 1 saturated heterocycles. The van der Waals surface area contributed by atoms with E-state index < -0.39 is 0 Å². The molecule has 1 amide bonds. The summed E-state index contributed by atoms with van der Waals surface area (Å²) in [7, 11) is 0. The third-order valence-corrected chi connectivity index (χ3v) is 5.22. The van der Waals surface area contributed by atoms with E-state index in [0.29, 0.717) is 10.7 Å². The molecule has 1 unspecified atom stereocenters. The van der Waals surface area contributed by atoms with Crippen LogP contribution in [0.4, 0.5) is 5.69 Å². The molecule has 0 radical (unpaired) electrons. The van der Waals surface area contributed by atoms with Crippen molar-refractivity contribution in [3.05, 3.63) is 27.7 Å². The average molecular weight is 335 g/mol. The molecule has 1 aliphatic heterocycles. The van der Waals surface area contributed by atoms with Crippen molar-refractivity contribution in [2.75, 3.05) is 11.1 Å². The molecule has 0 saturated carbocycles. The number of thioether (sulfide) groups is 1. The third-order valence-electron chi connectivity index (χ3n) is 2.88. The molecule has 0 bridgehead atoms. The number of halogens is 2. The van der Waals surface area contributed by atoms with Crippen LogP contribution in [-0.2, 0) is 4.79 Å². The topological polar surface area (TPSA) is 29.1 Å². The van der Waals surface area contributed by atoms with Gasteiger partial charge < -0.3 is 5.32 Å². The summed E-state index contributed by atoms with van der Waals surface area (Å²) in [6.07, 6.45) is 2.02. The van der Waals surface area contributed by atoms with Gasteiger partial charge in [-0.25, -0.2) is 0 Å². The van der Waals surface area contributed by atoms with Gasteiger partial charge in [0.15, 0.2) is 0 Å². The standard InChI is InChI=1S/C12H13BrClNOS/c1-12(5-2-6-17-12)11(16)15-10-7-8(13)3-4-9(10)14/h3-4,7H,2,5-6H2,1H3,(H,15,16). The van der Waals surface area contributed by atoms with Gasteiger partial charge in [0.25, 0.3) is 0 Å². The molecule has 0 aliphatic carbocycles. The first-order chi connectivity index (χ1) is 8.01. The van der Waals surface area contributed by atoms with Crippen LogP contribution in [0.3, 0.4) is 0 Å². The van der Waals surface area contributed by atoms with Crippen LogP contribution in [0, 0.1) is 0 Å². The van der Waals surface area contributed by atoms with Crippen molar-refractivity contribution in [3.63, 3.8) is 0 Å². The van der Waals surface area contributed by atoms with E-state index in [2.05, 4.69) is 21.2 Å². The second kappa shape index (κ2) is 5.21. The normalized spacial score (nSPS) is 23.7. The maximum Gasteiger partial charge on any atom is 0.240 e. The molecule has 1 fully saturated rings. The van der Waals surface area contributed by atoms with E-state index in [9.17, 15) is 4.79 Å². The Labute approximate surface area is 119 Å². The molecule has 2 nitrogen and oxygen atoms in total. The second-order valence-corrected chi connectivity index (χ2v) is 7.18. The largest absolute Gasteiger partial charge is 0.324 e. The highest BCUT2D eigenvalue weighted by molar-refractivity contribution is 9.10. The van der Waals surface area contributed by atoms with Crippen LogP contribution >= 0.6 is 39.3 Å². The van der Waals surface area contributed by atoms with Gasteiger partial charge in [-0.1, -0.05) is 27.5 Å². The summed E-state index contributed by atoms with van der Waals surface area (Å²) < 4.78 is 0.590. The number of nitrogens with one attached hydrogen (secondary N) is 1. The molecule has 2 rings (SSSR count). The maximum atomic E-state index is 12.2. The molecule has 17 heavy (non-hydrogen) atoms. The van der Waals surface area contributed by atoms with Crippen LogP contribution < -0.4 is 5.32 Å². The van der Waals surface area contributed by atoms with E-state index in [1.807, 2.05) is 19.1 Å². The summed E-state index contributed by atoms with van der Waals surface area (Å²) in [5, 5.41) is 3.47. The van der Waals surface area contributed by atoms with Gasteiger partial charge in [0.2, 0.25) is 5.91 Å². The zero-order valence-electron chi connectivity index (χ0n) is 9.43. The SMILES string of the molecule is CC1(C(=O)Nc2cc(Br)ccc2Cl)CCCS1. The molecule has 1 aromatic carbocycles. The molecule has 0 spiro atoms. The fourth-order valence-corrected chi connectivity index (χ4v) is 3.54. The minimum absolute atomic E-state index is 0.0417. The summed E-state index contributed by atoms with van der Waals surface area (Å²) >= 11 is 11.1. The van der Waals surface area contributed by atoms with Gasteiger partial charge in [-0.3, -0.25) is 4.79 Å². The Morgan fingerprint density at radius 1 is 1.59 bits per heavy atom. The van der Waals surface area contributed by atoms with Crippen LogP contribution in [0.2, 0.25) is 5.02 Å². The van der Waals surface area contributed by atoms with Crippen molar-refractivity contribution in [2.24, 2.45) is 0 Å². The predicted molar refractivity (Wildman–Crippen MR) is 77.9 cm³/mol. The lowest BCUT2D eigenvalue weighted by molar-refractivity contribution is -0.118. The third kappa shape index (κ3) is 2.98. The summed E-state index contributed by atoms with van der Waals surface area (Å²) in [4.78, 5) is 12.2. The fraction of sp³-hybridized carbons (Fsp3) is 0.417. The zero-order chi connectivity index (χ0) is 12.5. The highest BCUT2D eigenvalue weighted by Gasteiger charge is 2.37. The number of hydrogen-bond acceptors (Lipinski definition) is 2. The number of benzene rings is 1. The van der Waals surface area contributed by atoms with Gasteiger partial charge in [0.05, 0.1) is 15.5 Å². The van der Waals surface area contributed by atoms with Crippen LogP contribution in [-0.4, -0.2) is 16.4 Å². The highest BCUT2D eigenvalue weighted by Crippen LogP contribution is 2.39. The van der Waals surface area contributed by atoms with Crippen LogP contribution in [0.25, 0.3) is 0 Å². The molecule has 1 aromatic rings. The van der Waals surface area contributed by atoms with Crippen molar-refractivity contribution in [1.82, 2.24) is 0 Å². The molecule has 1 N–H and O–H groups in total. The number of anilines is 1. The number of hydrogen-bond donors (Lipinski definition) is 1. The van der Waals surface area contributed by atoms with Crippen molar-refractivity contribution < 1.29 is 4.79 Å².